The molecule has 0 aliphatic heterocycles. The molecule has 4 nitrogen and oxygen atoms in total. The average molecular weight is 184 g/mol. The fourth-order valence-electron chi connectivity index (χ4n) is 1.45. The van der Waals surface area contributed by atoms with E-state index in [-0.39, 0.29) is 0 Å². The van der Waals surface area contributed by atoms with E-state index in [0.717, 1.165) is 31.4 Å². The predicted octanol–water partition coefficient (Wildman–Crippen LogP) is 2.21. The summed E-state index contributed by atoms with van der Waals surface area (Å²) in [7, 11) is 0. The van der Waals surface area contributed by atoms with Gasteiger partial charge in [0.25, 0.3) is 0 Å². The summed E-state index contributed by atoms with van der Waals surface area (Å²) in [6.45, 7) is 4.46. The Morgan fingerprint density at radius 2 is 2.00 bits per heavy atom. The summed E-state index contributed by atoms with van der Waals surface area (Å²) in [6.07, 6.45) is 2.92. The van der Waals surface area contributed by atoms with Crippen molar-refractivity contribution in [3.8, 4) is 0 Å². The Kier molecular flexibility index (Phi) is 2.90. The van der Waals surface area contributed by atoms with Crippen molar-refractivity contribution in [3.63, 3.8) is 0 Å². The van der Waals surface area contributed by atoms with Crippen molar-refractivity contribution >= 4 is 11.8 Å². The van der Waals surface area contributed by atoms with Crippen LogP contribution in [-0.2, 0) is 0 Å². The molecule has 0 aromatic carbocycles. The second-order valence-corrected chi connectivity index (χ2v) is 4.26. The number of nitrogens with one attached hydrogen (secondary N) is 1. The Balaban J connectivity index is 2.40. The highest BCUT2D eigenvalue weighted by molar-refractivity contribution is 5.86. The number of carboxylic acid groups (broad SMARTS) is 1. The summed E-state index contributed by atoms with van der Waals surface area (Å²) in [4.78, 5) is 10.2. The van der Waals surface area contributed by atoms with Gasteiger partial charge in [-0.25, -0.2) is 10.2 Å². The number of amides is 1. The lowest BCUT2D eigenvalue weighted by molar-refractivity contribution is 0.195. The van der Waals surface area contributed by atoms with Gasteiger partial charge in [0.2, 0.25) is 0 Å². The van der Waals surface area contributed by atoms with Crippen LogP contribution in [0.1, 0.15) is 39.5 Å². The molecule has 0 atom stereocenters. The van der Waals surface area contributed by atoms with Crippen molar-refractivity contribution in [3.05, 3.63) is 0 Å². The maximum absolute atomic E-state index is 10.2. The van der Waals surface area contributed by atoms with Crippen LogP contribution in [0.5, 0.6) is 0 Å². The molecule has 4 heteroatoms. The first-order valence-electron chi connectivity index (χ1n) is 4.54. The molecule has 0 unspecified atom stereocenters. The molecule has 0 spiro atoms. The van der Waals surface area contributed by atoms with Gasteiger partial charge in [-0.1, -0.05) is 13.8 Å². The molecule has 1 aliphatic carbocycles. The first kappa shape index (κ1) is 10.0. The van der Waals surface area contributed by atoms with Crippen LogP contribution in [-0.4, -0.2) is 16.9 Å². The van der Waals surface area contributed by atoms with Gasteiger partial charge in [0.1, 0.15) is 0 Å². The lowest BCUT2D eigenvalue weighted by atomic mass is 9.77. The third-order valence-corrected chi connectivity index (χ3v) is 2.49. The fraction of sp³-hybridized carbons (Fsp3) is 0.778. The Morgan fingerprint density at radius 1 is 1.46 bits per heavy atom. The number of hydrazone groups is 1. The molecule has 0 saturated heterocycles. The molecule has 0 aromatic rings. The number of nitrogens with zero attached hydrogens (tertiary/aromatic N) is 1. The van der Waals surface area contributed by atoms with Crippen LogP contribution in [0.3, 0.4) is 0 Å². The first-order chi connectivity index (χ1) is 5.99. The molecule has 1 fully saturated rings. The van der Waals surface area contributed by atoms with Crippen molar-refractivity contribution in [2.24, 2.45) is 10.5 Å². The van der Waals surface area contributed by atoms with Gasteiger partial charge in [-0.05, 0) is 31.1 Å². The maximum atomic E-state index is 10.2. The third kappa shape index (κ3) is 3.44. The second-order valence-electron chi connectivity index (χ2n) is 4.26. The zero-order chi connectivity index (χ0) is 9.90. The quantitative estimate of drug-likeness (QED) is 0.614. The van der Waals surface area contributed by atoms with Gasteiger partial charge in [-0.3, -0.25) is 0 Å². The minimum absolute atomic E-state index is 0.391. The van der Waals surface area contributed by atoms with Crippen molar-refractivity contribution < 1.29 is 9.90 Å². The minimum atomic E-state index is -1.09. The standard InChI is InChI=1S/C9H16N2O2/c1-9(2)5-3-7(4-6-9)10-11-8(12)13/h11H,3-6H2,1-2H3,(H,12,13). The number of rotatable bonds is 1. The van der Waals surface area contributed by atoms with E-state index >= 15 is 0 Å². The normalized spacial score (nSPS) is 20.9. The zero-order valence-electron chi connectivity index (χ0n) is 8.13. The SMILES string of the molecule is CC1(C)CCC(=NNC(=O)O)CC1. The third-order valence-electron chi connectivity index (χ3n) is 2.49. The highest BCUT2D eigenvalue weighted by Gasteiger charge is 2.24. The van der Waals surface area contributed by atoms with E-state index in [0.29, 0.717) is 5.41 Å². The summed E-state index contributed by atoms with van der Waals surface area (Å²) in [5.41, 5.74) is 3.41. The van der Waals surface area contributed by atoms with Crippen LogP contribution in [0.4, 0.5) is 4.79 Å². The van der Waals surface area contributed by atoms with Crippen LogP contribution in [0, 0.1) is 5.41 Å². The molecule has 1 saturated carbocycles. The van der Waals surface area contributed by atoms with E-state index < -0.39 is 6.09 Å². The molecule has 1 rings (SSSR count). The van der Waals surface area contributed by atoms with Crippen LogP contribution in [0.25, 0.3) is 0 Å². The molecule has 0 radical (unpaired) electrons. The highest BCUT2D eigenvalue weighted by atomic mass is 16.4. The summed E-state index contributed by atoms with van der Waals surface area (Å²) >= 11 is 0. The Hall–Kier alpha value is -1.06. The van der Waals surface area contributed by atoms with E-state index in [1.807, 2.05) is 5.43 Å². The molecule has 0 heterocycles. The Bertz CT molecular complexity index is 222. The smallest absolute Gasteiger partial charge is 0.425 e. The van der Waals surface area contributed by atoms with Crippen molar-refractivity contribution in [2.75, 3.05) is 0 Å². The lowest BCUT2D eigenvalue weighted by Gasteiger charge is -2.29. The second kappa shape index (κ2) is 3.77. The summed E-state index contributed by atoms with van der Waals surface area (Å²) in [6, 6.07) is 0. The molecule has 1 amide bonds. The van der Waals surface area contributed by atoms with E-state index in [2.05, 4.69) is 18.9 Å². The number of hydrogen-bond acceptors (Lipinski definition) is 2. The van der Waals surface area contributed by atoms with Gasteiger partial charge < -0.3 is 5.11 Å². The van der Waals surface area contributed by atoms with Gasteiger partial charge in [0.05, 0.1) is 0 Å². The zero-order valence-corrected chi connectivity index (χ0v) is 8.13. The molecule has 2 N–H and O–H groups in total. The minimum Gasteiger partial charge on any atom is -0.464 e. The average Bonchev–Trinajstić information content (AvgIpc) is 2.02. The molecular formula is C9H16N2O2. The topological polar surface area (TPSA) is 61.7 Å². The van der Waals surface area contributed by atoms with Crippen LogP contribution >= 0.6 is 0 Å². The van der Waals surface area contributed by atoms with E-state index in [4.69, 9.17) is 5.11 Å². The summed E-state index contributed by atoms with van der Waals surface area (Å²) in [5, 5.41) is 12.1. The maximum Gasteiger partial charge on any atom is 0.425 e. The van der Waals surface area contributed by atoms with Gasteiger partial charge >= 0.3 is 6.09 Å². The van der Waals surface area contributed by atoms with Crippen molar-refractivity contribution in [1.29, 1.82) is 0 Å². The highest BCUT2D eigenvalue weighted by Crippen LogP contribution is 2.33. The monoisotopic (exact) mass is 184 g/mol. The van der Waals surface area contributed by atoms with Crippen LogP contribution < -0.4 is 5.43 Å². The van der Waals surface area contributed by atoms with Gasteiger partial charge in [-0.15, -0.1) is 0 Å². The van der Waals surface area contributed by atoms with Crippen molar-refractivity contribution in [1.82, 2.24) is 5.43 Å². The number of hydrogen-bond donors (Lipinski definition) is 2. The Morgan fingerprint density at radius 3 is 2.46 bits per heavy atom. The van der Waals surface area contributed by atoms with Crippen LogP contribution in [0.15, 0.2) is 5.10 Å². The van der Waals surface area contributed by atoms with E-state index in [9.17, 15) is 4.79 Å². The molecule has 0 bridgehead atoms. The first-order valence-corrected chi connectivity index (χ1v) is 4.54. The summed E-state index contributed by atoms with van der Waals surface area (Å²) in [5.74, 6) is 0. The van der Waals surface area contributed by atoms with E-state index in [1.54, 1.807) is 0 Å². The van der Waals surface area contributed by atoms with Crippen LogP contribution in [0.2, 0.25) is 0 Å². The predicted molar refractivity (Wildman–Crippen MR) is 50.8 cm³/mol. The molecule has 1 aliphatic rings. The van der Waals surface area contributed by atoms with Gasteiger partial charge in [-0.2, -0.15) is 5.10 Å². The van der Waals surface area contributed by atoms with E-state index in [1.165, 1.54) is 0 Å². The van der Waals surface area contributed by atoms with Gasteiger partial charge in [0.15, 0.2) is 0 Å². The molecule has 74 valence electrons. The fourth-order valence-corrected chi connectivity index (χ4v) is 1.45. The lowest BCUT2D eigenvalue weighted by Crippen LogP contribution is -2.24. The Labute approximate surface area is 78.0 Å². The largest absolute Gasteiger partial charge is 0.464 e. The van der Waals surface area contributed by atoms with Gasteiger partial charge in [0, 0.05) is 5.71 Å². The molecule has 0 aromatic heterocycles. The molecule has 13 heavy (non-hydrogen) atoms. The molecular weight excluding hydrogens is 168 g/mol. The summed E-state index contributed by atoms with van der Waals surface area (Å²) < 4.78 is 0. The van der Waals surface area contributed by atoms with Crippen molar-refractivity contribution in [2.45, 2.75) is 39.5 Å². The number of carbonyl (C=O) groups is 1.